The molecule has 4 aromatic carbocycles. The molecule has 5 rings (SSSR count). The number of Topliss-reactive ketones (excluding diaryl/α,β-unsaturated/α-hetero) is 1. The number of hydrogen-bond donors (Lipinski definition) is 3. The Balaban J connectivity index is 1.17. The molecule has 0 saturated carbocycles. The predicted molar refractivity (Wildman–Crippen MR) is 217 cm³/mol. The first-order valence-electron chi connectivity index (χ1n) is 19.5. The number of carbonyl (C=O) groups is 5. The molecule has 0 fully saturated rings. The van der Waals surface area contributed by atoms with E-state index in [0.29, 0.717) is 50.9 Å². The quantitative estimate of drug-likeness (QED) is 0.0787. The van der Waals surface area contributed by atoms with Crippen molar-refractivity contribution in [3.05, 3.63) is 143 Å². The second-order valence-corrected chi connectivity index (χ2v) is 15.3. The highest BCUT2D eigenvalue weighted by Crippen LogP contribution is 2.26. The first kappa shape index (κ1) is 41.4. The van der Waals surface area contributed by atoms with Gasteiger partial charge >= 0.3 is 6.09 Å². The molecular formula is C46H54N4O6. The van der Waals surface area contributed by atoms with Crippen molar-refractivity contribution in [2.24, 2.45) is 5.92 Å². The fraction of sp³-hybridized carbons (Fsp3) is 0.370. The normalized spacial score (nSPS) is 14.3. The molecule has 1 aliphatic heterocycles. The Morgan fingerprint density at radius 3 is 1.91 bits per heavy atom. The highest BCUT2D eigenvalue weighted by Gasteiger charge is 2.34. The molecule has 3 N–H and O–H groups in total. The molecule has 0 aliphatic carbocycles. The van der Waals surface area contributed by atoms with Crippen LogP contribution in [0.3, 0.4) is 0 Å². The molecule has 2 atom stereocenters. The Morgan fingerprint density at radius 2 is 1.29 bits per heavy atom. The third-order valence-electron chi connectivity index (χ3n) is 9.96. The van der Waals surface area contributed by atoms with E-state index in [1.165, 1.54) is 0 Å². The largest absolute Gasteiger partial charge is 0.444 e. The summed E-state index contributed by atoms with van der Waals surface area (Å²) in [6.07, 6.45) is 1.52. The lowest BCUT2D eigenvalue weighted by Crippen LogP contribution is -2.52. The van der Waals surface area contributed by atoms with Crippen molar-refractivity contribution >= 4 is 29.6 Å². The summed E-state index contributed by atoms with van der Waals surface area (Å²) in [5, 5.41) is 8.94. The number of nitrogens with zero attached hydrogens (tertiary/aromatic N) is 1. The van der Waals surface area contributed by atoms with Crippen LogP contribution in [-0.2, 0) is 32.1 Å². The number of fused-ring (bicyclic) bond motifs is 1. The first-order valence-corrected chi connectivity index (χ1v) is 19.5. The number of amides is 4. The number of hydrogen-bond acceptors (Lipinski definition) is 6. The number of ketones is 1. The zero-order valence-electron chi connectivity index (χ0n) is 32.7. The SMILES string of the molecule is CC(C)(C)OC(=O)NC[C@@H](CCCCNC(=O)[C@@H]1Cc2ccccc2CN1C(=O)CCC(=O)c1ccccc1)C(=O)NCC(c1ccccc1)c1ccccc1. The monoisotopic (exact) mass is 758 g/mol. The van der Waals surface area contributed by atoms with Crippen LogP contribution in [0.4, 0.5) is 4.79 Å². The van der Waals surface area contributed by atoms with Gasteiger partial charge in [-0.15, -0.1) is 0 Å². The Morgan fingerprint density at radius 1 is 0.696 bits per heavy atom. The Kier molecular flexibility index (Phi) is 15.0. The highest BCUT2D eigenvalue weighted by molar-refractivity contribution is 5.98. The van der Waals surface area contributed by atoms with Crippen LogP contribution < -0.4 is 16.0 Å². The lowest BCUT2D eigenvalue weighted by atomic mass is 9.91. The van der Waals surface area contributed by atoms with Gasteiger partial charge in [0.1, 0.15) is 11.6 Å². The van der Waals surface area contributed by atoms with Crippen LogP contribution in [0.25, 0.3) is 0 Å². The van der Waals surface area contributed by atoms with Gasteiger partial charge in [-0.1, -0.05) is 122 Å². The minimum Gasteiger partial charge on any atom is -0.444 e. The molecule has 0 bridgehead atoms. The average molecular weight is 759 g/mol. The number of unbranched alkanes of at least 4 members (excludes halogenated alkanes) is 1. The van der Waals surface area contributed by atoms with Crippen molar-refractivity contribution in [1.82, 2.24) is 20.9 Å². The van der Waals surface area contributed by atoms with Gasteiger partial charge < -0.3 is 25.6 Å². The van der Waals surface area contributed by atoms with Gasteiger partial charge in [0.15, 0.2) is 5.78 Å². The molecule has 0 aromatic heterocycles. The smallest absolute Gasteiger partial charge is 0.407 e. The summed E-state index contributed by atoms with van der Waals surface area (Å²) >= 11 is 0. The number of carbonyl (C=O) groups excluding carboxylic acids is 5. The fourth-order valence-electron chi connectivity index (χ4n) is 6.99. The molecule has 0 spiro atoms. The second kappa shape index (κ2) is 20.2. The van der Waals surface area contributed by atoms with E-state index in [1.54, 1.807) is 49.9 Å². The van der Waals surface area contributed by atoms with Crippen LogP contribution in [0, 0.1) is 5.92 Å². The minimum absolute atomic E-state index is 0.0118. The van der Waals surface area contributed by atoms with E-state index in [9.17, 15) is 24.0 Å². The van der Waals surface area contributed by atoms with Crippen molar-refractivity contribution in [2.45, 2.75) is 83.4 Å². The maximum atomic E-state index is 13.7. The summed E-state index contributed by atoms with van der Waals surface area (Å²) in [4.78, 5) is 67.8. The topological polar surface area (TPSA) is 134 Å². The van der Waals surface area contributed by atoms with Gasteiger partial charge in [-0.3, -0.25) is 19.2 Å². The molecular weight excluding hydrogens is 705 g/mol. The summed E-state index contributed by atoms with van der Waals surface area (Å²) < 4.78 is 5.43. The van der Waals surface area contributed by atoms with E-state index in [1.807, 2.05) is 91.0 Å². The standard InChI is InChI=1S/C46H54N4O6/c1-46(2,3)56-45(55)49-30-37(43(53)48-31-39(33-17-7-4-8-18-33)34-19-9-5-10-20-34)24-15-16-28-47-44(54)40-29-36-23-13-14-25-38(36)32-50(40)42(52)27-26-41(51)35-21-11-6-12-22-35/h4-14,17-23,25,37,39-40H,15-16,24,26-32H2,1-3H3,(H,47,54)(H,48,53)(H,49,55)/t37-,40+/m1/s1. The van der Waals surface area contributed by atoms with Gasteiger partial charge in [0.25, 0.3) is 0 Å². The number of nitrogens with one attached hydrogen (secondary N) is 3. The van der Waals surface area contributed by atoms with Crippen molar-refractivity contribution < 1.29 is 28.7 Å². The van der Waals surface area contributed by atoms with E-state index >= 15 is 0 Å². The molecule has 294 valence electrons. The predicted octanol–water partition coefficient (Wildman–Crippen LogP) is 6.98. The fourth-order valence-corrected chi connectivity index (χ4v) is 6.99. The average Bonchev–Trinajstić information content (AvgIpc) is 3.20. The Labute approximate surface area is 330 Å². The van der Waals surface area contributed by atoms with Crippen LogP contribution in [0.5, 0.6) is 0 Å². The molecule has 1 heterocycles. The second-order valence-electron chi connectivity index (χ2n) is 15.3. The van der Waals surface area contributed by atoms with Crippen LogP contribution >= 0.6 is 0 Å². The molecule has 0 radical (unpaired) electrons. The summed E-state index contributed by atoms with van der Waals surface area (Å²) in [7, 11) is 0. The van der Waals surface area contributed by atoms with E-state index in [-0.39, 0.29) is 48.8 Å². The minimum atomic E-state index is -0.706. The van der Waals surface area contributed by atoms with Crippen molar-refractivity contribution in [2.75, 3.05) is 19.6 Å². The van der Waals surface area contributed by atoms with Crippen molar-refractivity contribution in [3.8, 4) is 0 Å². The van der Waals surface area contributed by atoms with Gasteiger partial charge in [-0.25, -0.2) is 4.79 Å². The zero-order chi connectivity index (χ0) is 39.9. The molecule has 0 unspecified atom stereocenters. The maximum Gasteiger partial charge on any atom is 0.407 e. The third kappa shape index (κ3) is 12.4. The lowest BCUT2D eigenvalue weighted by Gasteiger charge is -2.36. The van der Waals surface area contributed by atoms with Crippen molar-refractivity contribution in [1.29, 1.82) is 0 Å². The van der Waals surface area contributed by atoms with Crippen LogP contribution in [0.2, 0.25) is 0 Å². The van der Waals surface area contributed by atoms with E-state index in [2.05, 4.69) is 16.0 Å². The van der Waals surface area contributed by atoms with Crippen LogP contribution in [-0.4, -0.2) is 65.8 Å². The molecule has 10 heteroatoms. The maximum absolute atomic E-state index is 13.7. The van der Waals surface area contributed by atoms with Crippen LogP contribution in [0.1, 0.15) is 91.4 Å². The molecule has 56 heavy (non-hydrogen) atoms. The lowest BCUT2D eigenvalue weighted by molar-refractivity contribution is -0.141. The van der Waals surface area contributed by atoms with Gasteiger partial charge in [-0.2, -0.15) is 0 Å². The Bertz CT molecular complexity index is 1870. The number of benzene rings is 4. The third-order valence-corrected chi connectivity index (χ3v) is 9.96. The van der Waals surface area contributed by atoms with E-state index < -0.39 is 23.7 Å². The van der Waals surface area contributed by atoms with Gasteiger partial charge in [0.05, 0.1) is 5.92 Å². The zero-order valence-corrected chi connectivity index (χ0v) is 32.7. The van der Waals surface area contributed by atoms with Gasteiger partial charge in [0.2, 0.25) is 17.7 Å². The number of ether oxygens (including phenoxy) is 1. The number of alkyl carbamates (subject to hydrolysis) is 1. The molecule has 4 amide bonds. The Hall–Kier alpha value is -5.77. The summed E-state index contributed by atoms with van der Waals surface area (Å²) in [5.74, 6) is -1.38. The molecule has 4 aromatic rings. The van der Waals surface area contributed by atoms with Gasteiger partial charge in [0, 0.05) is 56.9 Å². The first-order chi connectivity index (χ1) is 27.0. The van der Waals surface area contributed by atoms with Crippen LogP contribution in [0.15, 0.2) is 115 Å². The van der Waals surface area contributed by atoms with E-state index in [4.69, 9.17) is 4.74 Å². The molecule has 0 saturated heterocycles. The highest BCUT2D eigenvalue weighted by atomic mass is 16.6. The molecule has 1 aliphatic rings. The van der Waals surface area contributed by atoms with E-state index in [0.717, 1.165) is 22.3 Å². The van der Waals surface area contributed by atoms with Gasteiger partial charge in [-0.05, 0) is 55.9 Å². The summed E-state index contributed by atoms with van der Waals surface area (Å²) in [5.41, 5.74) is 4.05. The summed E-state index contributed by atoms with van der Waals surface area (Å²) in [6, 6.07) is 36.0. The molecule has 10 nitrogen and oxygen atoms in total. The van der Waals surface area contributed by atoms with Crippen molar-refractivity contribution in [3.63, 3.8) is 0 Å². The summed E-state index contributed by atoms with van der Waals surface area (Å²) in [6.45, 7) is 6.48. The number of rotatable bonds is 17.